The molecule has 1 amide bonds. The van der Waals surface area contributed by atoms with Gasteiger partial charge in [0.05, 0.1) is 11.3 Å². The van der Waals surface area contributed by atoms with E-state index >= 15 is 0 Å². The maximum absolute atomic E-state index is 12.8. The summed E-state index contributed by atoms with van der Waals surface area (Å²) in [6.45, 7) is 4.84. The molecule has 3 heterocycles. The Hall–Kier alpha value is -2.96. The average molecular weight is 395 g/mol. The van der Waals surface area contributed by atoms with Crippen LogP contribution in [0.5, 0.6) is 5.75 Å². The Morgan fingerprint density at radius 2 is 2.03 bits per heavy atom. The number of amides is 1. The van der Waals surface area contributed by atoms with Crippen molar-refractivity contribution in [2.24, 2.45) is 5.92 Å². The quantitative estimate of drug-likeness (QED) is 0.795. The van der Waals surface area contributed by atoms with Gasteiger partial charge >= 0.3 is 0 Å². The Morgan fingerprint density at radius 1 is 1.21 bits per heavy atom. The van der Waals surface area contributed by atoms with Crippen LogP contribution in [-0.2, 0) is 11.3 Å². The van der Waals surface area contributed by atoms with Gasteiger partial charge in [0.15, 0.2) is 5.78 Å². The number of hydrogen-bond donors (Lipinski definition) is 0. The second-order valence-electron chi connectivity index (χ2n) is 8.00. The van der Waals surface area contributed by atoms with Gasteiger partial charge in [-0.15, -0.1) is 0 Å². The normalized spacial score (nSPS) is 21.4. The molecule has 2 aliphatic rings. The molecule has 7 heteroatoms. The zero-order valence-corrected chi connectivity index (χ0v) is 16.8. The number of benzene rings is 1. The number of ketones is 1. The van der Waals surface area contributed by atoms with Crippen LogP contribution in [0.3, 0.4) is 0 Å². The van der Waals surface area contributed by atoms with E-state index in [1.165, 1.54) is 10.7 Å². The number of aromatic nitrogens is 2. The van der Waals surface area contributed by atoms with E-state index in [1.807, 2.05) is 25.1 Å². The van der Waals surface area contributed by atoms with Gasteiger partial charge in [0.25, 0.3) is 5.56 Å². The number of fused-ring (bicyclic) bond motifs is 1. The van der Waals surface area contributed by atoms with Crippen LogP contribution in [0.25, 0.3) is 0 Å². The zero-order chi connectivity index (χ0) is 20.5. The van der Waals surface area contributed by atoms with Crippen LogP contribution in [0.15, 0.2) is 35.1 Å². The third-order valence-corrected chi connectivity index (χ3v) is 5.72. The number of rotatable bonds is 3. The number of hydrogen-bond acceptors (Lipinski definition) is 5. The van der Waals surface area contributed by atoms with Crippen molar-refractivity contribution in [2.75, 3.05) is 13.1 Å². The molecule has 2 aromatic rings. The maximum Gasteiger partial charge on any atom is 0.267 e. The molecule has 0 N–H and O–H groups in total. The van der Waals surface area contributed by atoms with Gasteiger partial charge in [0.1, 0.15) is 18.4 Å². The molecule has 1 fully saturated rings. The molecule has 1 saturated heterocycles. The molecule has 2 aliphatic heterocycles. The fourth-order valence-corrected chi connectivity index (χ4v) is 4.16. The van der Waals surface area contributed by atoms with E-state index in [2.05, 4.69) is 5.10 Å². The summed E-state index contributed by atoms with van der Waals surface area (Å²) in [5, 5.41) is 4.15. The maximum atomic E-state index is 12.8. The third-order valence-electron chi connectivity index (χ3n) is 5.72. The SMILES string of the molecule is Cc1ccc2c(c1)C(=O)CC(C1CCCN(C(=O)Cn3nc(C)ccc3=O)C1)O2. The molecule has 152 valence electrons. The van der Waals surface area contributed by atoms with E-state index in [1.54, 1.807) is 17.9 Å². The molecule has 2 atom stereocenters. The number of aryl methyl sites for hydroxylation is 2. The molecular formula is C22H25N3O4. The fraction of sp³-hybridized carbons (Fsp3) is 0.455. The predicted molar refractivity (Wildman–Crippen MR) is 107 cm³/mol. The van der Waals surface area contributed by atoms with Crippen molar-refractivity contribution in [2.45, 2.75) is 45.8 Å². The summed E-state index contributed by atoms with van der Waals surface area (Å²) in [4.78, 5) is 39.1. The molecule has 0 aliphatic carbocycles. The predicted octanol–water partition coefficient (Wildman–Crippen LogP) is 2.13. The van der Waals surface area contributed by atoms with Gasteiger partial charge in [-0.05, 0) is 44.9 Å². The van der Waals surface area contributed by atoms with Crippen molar-refractivity contribution in [1.29, 1.82) is 0 Å². The number of carbonyl (C=O) groups excluding carboxylic acids is 2. The molecule has 1 aromatic heterocycles. The molecule has 4 rings (SSSR count). The van der Waals surface area contributed by atoms with Crippen molar-refractivity contribution < 1.29 is 14.3 Å². The van der Waals surface area contributed by atoms with Gasteiger partial charge in [-0.2, -0.15) is 5.10 Å². The first-order valence-corrected chi connectivity index (χ1v) is 10.0. The number of ether oxygens (including phenoxy) is 1. The minimum absolute atomic E-state index is 0.0696. The van der Waals surface area contributed by atoms with E-state index in [-0.39, 0.29) is 35.8 Å². The van der Waals surface area contributed by atoms with E-state index in [4.69, 9.17) is 4.74 Å². The summed E-state index contributed by atoms with van der Waals surface area (Å²) in [5.74, 6) is 0.691. The molecule has 0 bridgehead atoms. The van der Waals surface area contributed by atoms with E-state index < -0.39 is 0 Å². The summed E-state index contributed by atoms with van der Waals surface area (Å²) in [6.07, 6.45) is 1.86. The van der Waals surface area contributed by atoms with Gasteiger partial charge in [-0.3, -0.25) is 14.4 Å². The monoisotopic (exact) mass is 395 g/mol. The molecule has 0 spiro atoms. The van der Waals surface area contributed by atoms with Crippen molar-refractivity contribution in [1.82, 2.24) is 14.7 Å². The lowest BCUT2D eigenvalue weighted by Crippen LogP contribution is -2.48. The van der Waals surface area contributed by atoms with Crippen LogP contribution in [0.1, 0.15) is 40.9 Å². The molecule has 0 radical (unpaired) electrons. The van der Waals surface area contributed by atoms with Crippen LogP contribution in [0.2, 0.25) is 0 Å². The lowest BCUT2D eigenvalue weighted by atomic mass is 9.86. The highest BCUT2D eigenvalue weighted by molar-refractivity contribution is 6.00. The highest BCUT2D eigenvalue weighted by Gasteiger charge is 2.36. The van der Waals surface area contributed by atoms with Gasteiger partial charge in [-0.1, -0.05) is 11.6 Å². The van der Waals surface area contributed by atoms with Crippen LogP contribution in [0.4, 0.5) is 0 Å². The van der Waals surface area contributed by atoms with Crippen LogP contribution < -0.4 is 10.3 Å². The summed E-state index contributed by atoms with van der Waals surface area (Å²) in [7, 11) is 0. The Balaban J connectivity index is 1.45. The number of Topliss-reactive ketones (excluding diaryl/α,β-unsaturated/α-hetero) is 1. The first-order chi connectivity index (χ1) is 13.9. The highest BCUT2D eigenvalue weighted by Crippen LogP contribution is 2.33. The molecule has 7 nitrogen and oxygen atoms in total. The number of nitrogens with zero attached hydrogens (tertiary/aromatic N) is 3. The van der Waals surface area contributed by atoms with Gasteiger partial charge < -0.3 is 9.64 Å². The standard InChI is InChI=1S/C22H25N3O4/c1-14-5-7-19-17(10-14)18(26)11-20(29-19)16-4-3-9-24(12-16)22(28)13-25-21(27)8-6-15(2)23-25/h5-8,10,16,20H,3-4,9,11-13H2,1-2H3. The van der Waals surface area contributed by atoms with Crippen molar-refractivity contribution in [3.05, 3.63) is 57.5 Å². The van der Waals surface area contributed by atoms with E-state index in [9.17, 15) is 14.4 Å². The summed E-state index contributed by atoms with van der Waals surface area (Å²) < 4.78 is 7.36. The second-order valence-corrected chi connectivity index (χ2v) is 8.00. The first-order valence-electron chi connectivity index (χ1n) is 10.0. The van der Waals surface area contributed by atoms with Crippen LogP contribution in [-0.4, -0.2) is 45.6 Å². The smallest absolute Gasteiger partial charge is 0.267 e. The Kier molecular flexibility index (Phi) is 5.22. The lowest BCUT2D eigenvalue weighted by molar-refractivity contribution is -0.134. The van der Waals surface area contributed by atoms with Crippen LogP contribution in [0, 0.1) is 19.8 Å². The minimum atomic E-state index is -0.286. The Morgan fingerprint density at radius 3 is 2.86 bits per heavy atom. The largest absolute Gasteiger partial charge is 0.489 e. The Bertz CT molecular complexity index is 1010. The van der Waals surface area contributed by atoms with Crippen LogP contribution >= 0.6 is 0 Å². The number of carbonyl (C=O) groups is 2. The third kappa shape index (κ3) is 4.09. The number of likely N-dealkylation sites (tertiary alicyclic amines) is 1. The molecule has 1 aromatic carbocycles. The topological polar surface area (TPSA) is 81.5 Å². The zero-order valence-electron chi connectivity index (χ0n) is 16.8. The highest BCUT2D eigenvalue weighted by atomic mass is 16.5. The lowest BCUT2D eigenvalue weighted by Gasteiger charge is -2.38. The summed E-state index contributed by atoms with van der Waals surface area (Å²) >= 11 is 0. The number of piperidine rings is 1. The van der Waals surface area contributed by atoms with E-state index in [0.717, 1.165) is 18.4 Å². The molecule has 0 saturated carbocycles. The summed E-state index contributed by atoms with van der Waals surface area (Å²) in [6, 6.07) is 8.73. The van der Waals surface area contributed by atoms with Crippen molar-refractivity contribution in [3.8, 4) is 5.75 Å². The van der Waals surface area contributed by atoms with Gasteiger partial charge in [0, 0.05) is 31.5 Å². The van der Waals surface area contributed by atoms with E-state index in [0.29, 0.717) is 36.5 Å². The van der Waals surface area contributed by atoms with Crippen molar-refractivity contribution in [3.63, 3.8) is 0 Å². The first kappa shape index (κ1) is 19.4. The average Bonchev–Trinajstić information content (AvgIpc) is 2.71. The minimum Gasteiger partial charge on any atom is -0.489 e. The second kappa shape index (κ2) is 7.81. The Labute approximate surface area is 169 Å². The molecule has 2 unspecified atom stereocenters. The fourth-order valence-electron chi connectivity index (χ4n) is 4.16. The van der Waals surface area contributed by atoms with Gasteiger partial charge in [0.2, 0.25) is 5.91 Å². The molecule has 29 heavy (non-hydrogen) atoms. The van der Waals surface area contributed by atoms with Crippen molar-refractivity contribution >= 4 is 11.7 Å². The van der Waals surface area contributed by atoms with Gasteiger partial charge in [-0.25, -0.2) is 4.68 Å². The molecular weight excluding hydrogens is 370 g/mol. The summed E-state index contributed by atoms with van der Waals surface area (Å²) in [5.41, 5.74) is 2.09.